The van der Waals surface area contributed by atoms with Gasteiger partial charge in [0, 0.05) is 6.54 Å². The zero-order valence-electron chi connectivity index (χ0n) is 14.1. The summed E-state index contributed by atoms with van der Waals surface area (Å²) < 4.78 is 6.51. The van der Waals surface area contributed by atoms with Gasteiger partial charge in [-0.05, 0) is 25.0 Å². The Morgan fingerprint density at radius 1 is 1.44 bits per heavy atom. The summed E-state index contributed by atoms with van der Waals surface area (Å²) in [7, 11) is 0. The summed E-state index contributed by atoms with van der Waals surface area (Å²) in [6.07, 6.45) is 0. The molecule has 3 rings (SSSR count). The van der Waals surface area contributed by atoms with Crippen molar-refractivity contribution in [2.75, 3.05) is 6.61 Å². The molecule has 1 amide bonds. The van der Waals surface area contributed by atoms with Crippen LogP contribution in [0.2, 0.25) is 0 Å². The third-order valence-corrected chi connectivity index (χ3v) is 4.15. The number of aryl methyl sites for hydroxylation is 2. The molecule has 0 radical (unpaired) electrons. The molecular weight excluding hydrogens is 322 g/mol. The molecule has 2 N–H and O–H groups in total. The van der Waals surface area contributed by atoms with Gasteiger partial charge in [-0.25, -0.2) is 4.98 Å². The highest BCUT2D eigenvalue weighted by molar-refractivity contribution is 5.94. The third-order valence-electron chi connectivity index (χ3n) is 4.15. The number of ether oxygens (including phenoxy) is 1. The normalized spacial score (nSPS) is 13.1. The first kappa shape index (κ1) is 16.8. The van der Waals surface area contributed by atoms with Crippen molar-refractivity contribution in [1.82, 2.24) is 14.9 Å². The fourth-order valence-electron chi connectivity index (χ4n) is 2.70. The summed E-state index contributed by atoms with van der Waals surface area (Å²) in [6, 6.07) is 5.93. The number of benzene rings is 1. The molecule has 25 heavy (non-hydrogen) atoms. The van der Waals surface area contributed by atoms with E-state index in [1.807, 2.05) is 32.0 Å². The molecule has 2 heterocycles. The molecule has 7 heteroatoms. The van der Waals surface area contributed by atoms with Gasteiger partial charge in [0.25, 0.3) is 11.5 Å². The highest BCUT2D eigenvalue weighted by Gasteiger charge is 2.25. The lowest BCUT2D eigenvalue weighted by Crippen LogP contribution is -2.34. The molecule has 0 atom stereocenters. The van der Waals surface area contributed by atoms with E-state index < -0.39 is 17.2 Å². The van der Waals surface area contributed by atoms with Crippen LogP contribution in [0.4, 0.5) is 0 Å². The molecule has 1 aromatic heterocycles. The second kappa shape index (κ2) is 6.43. The van der Waals surface area contributed by atoms with Crippen molar-refractivity contribution in [2.24, 2.45) is 0 Å². The van der Waals surface area contributed by atoms with E-state index in [1.54, 1.807) is 0 Å². The summed E-state index contributed by atoms with van der Waals surface area (Å²) in [5, 5.41) is 12.8. The maximum atomic E-state index is 12.4. The topological polar surface area (TPSA) is 93.5 Å². The van der Waals surface area contributed by atoms with Crippen LogP contribution in [-0.2, 0) is 17.8 Å². The Bertz CT molecular complexity index is 931. The Balaban J connectivity index is 1.89. The fourth-order valence-corrected chi connectivity index (χ4v) is 2.70. The summed E-state index contributed by atoms with van der Waals surface area (Å²) in [4.78, 5) is 28.8. The number of carbonyl (C=O) groups is 1. The van der Waals surface area contributed by atoms with E-state index in [4.69, 9.17) is 4.74 Å². The van der Waals surface area contributed by atoms with Crippen LogP contribution in [0.1, 0.15) is 33.0 Å². The standard InChI is InChI=1S/C18H19N3O4/c1-10-4-5-11(2)13(8-10)9-19-17(23)14-15(22)18(24)21-6-7-25-12(3)16(21)20-14/h4-5,8,22H,3,6-7,9H2,1-2H3,(H,19,23). The molecule has 1 aromatic carbocycles. The van der Waals surface area contributed by atoms with Gasteiger partial charge in [-0.15, -0.1) is 0 Å². The number of rotatable bonds is 3. The van der Waals surface area contributed by atoms with Gasteiger partial charge in [0.15, 0.2) is 17.3 Å². The molecular formula is C18H19N3O4. The maximum Gasteiger partial charge on any atom is 0.297 e. The average Bonchev–Trinajstić information content (AvgIpc) is 2.59. The molecule has 0 saturated carbocycles. The Morgan fingerprint density at radius 3 is 2.96 bits per heavy atom. The largest absolute Gasteiger partial charge is 0.501 e. The van der Waals surface area contributed by atoms with Crippen molar-refractivity contribution in [3.63, 3.8) is 0 Å². The molecule has 0 spiro atoms. The van der Waals surface area contributed by atoms with Crippen LogP contribution in [0.3, 0.4) is 0 Å². The number of hydrogen-bond acceptors (Lipinski definition) is 5. The van der Waals surface area contributed by atoms with Crippen LogP contribution in [0.5, 0.6) is 5.75 Å². The fraction of sp³-hybridized carbons (Fsp3) is 0.278. The minimum absolute atomic E-state index is 0.158. The zero-order valence-corrected chi connectivity index (χ0v) is 14.1. The quantitative estimate of drug-likeness (QED) is 0.882. The number of amides is 1. The summed E-state index contributed by atoms with van der Waals surface area (Å²) in [6.45, 7) is 8.38. The monoisotopic (exact) mass is 341 g/mol. The summed E-state index contributed by atoms with van der Waals surface area (Å²) in [5.74, 6) is -0.938. The van der Waals surface area contributed by atoms with Gasteiger partial charge in [0.2, 0.25) is 5.75 Å². The molecule has 130 valence electrons. The van der Waals surface area contributed by atoms with Crippen molar-refractivity contribution in [1.29, 1.82) is 0 Å². The van der Waals surface area contributed by atoms with Gasteiger partial charge in [0.05, 0.1) is 6.54 Å². The maximum absolute atomic E-state index is 12.4. The van der Waals surface area contributed by atoms with Crippen molar-refractivity contribution < 1.29 is 14.6 Å². The Kier molecular flexibility index (Phi) is 4.31. The number of nitrogens with zero attached hydrogens (tertiary/aromatic N) is 2. The number of carbonyl (C=O) groups excluding carboxylic acids is 1. The van der Waals surface area contributed by atoms with E-state index in [0.717, 1.165) is 16.7 Å². The van der Waals surface area contributed by atoms with E-state index in [-0.39, 0.29) is 37.0 Å². The predicted molar refractivity (Wildman–Crippen MR) is 92.2 cm³/mol. The van der Waals surface area contributed by atoms with Gasteiger partial charge in [-0.1, -0.05) is 30.3 Å². The Labute approximate surface area is 144 Å². The average molecular weight is 341 g/mol. The second-order valence-electron chi connectivity index (χ2n) is 5.97. The van der Waals surface area contributed by atoms with Gasteiger partial charge >= 0.3 is 0 Å². The van der Waals surface area contributed by atoms with Crippen LogP contribution in [0.25, 0.3) is 5.76 Å². The van der Waals surface area contributed by atoms with E-state index in [1.165, 1.54) is 4.57 Å². The lowest BCUT2D eigenvalue weighted by molar-refractivity contribution is 0.0941. The summed E-state index contributed by atoms with van der Waals surface area (Å²) >= 11 is 0. The van der Waals surface area contributed by atoms with Gasteiger partial charge in [-0.3, -0.25) is 14.2 Å². The van der Waals surface area contributed by atoms with Crippen LogP contribution < -0.4 is 10.9 Å². The first-order valence-corrected chi connectivity index (χ1v) is 7.88. The van der Waals surface area contributed by atoms with E-state index in [9.17, 15) is 14.7 Å². The van der Waals surface area contributed by atoms with Crippen molar-refractivity contribution in [3.8, 4) is 5.75 Å². The van der Waals surface area contributed by atoms with E-state index >= 15 is 0 Å². The minimum atomic E-state index is -0.675. The highest BCUT2D eigenvalue weighted by atomic mass is 16.5. The SMILES string of the molecule is C=C1OCCn2c1nc(C(=O)NCc1cc(C)ccc1C)c(O)c2=O. The van der Waals surface area contributed by atoms with Crippen LogP contribution >= 0.6 is 0 Å². The second-order valence-corrected chi connectivity index (χ2v) is 5.97. The van der Waals surface area contributed by atoms with Gasteiger partial charge in [-0.2, -0.15) is 0 Å². The van der Waals surface area contributed by atoms with Crippen molar-refractivity contribution >= 4 is 11.7 Å². The number of hydrogen-bond donors (Lipinski definition) is 2. The van der Waals surface area contributed by atoms with Crippen molar-refractivity contribution in [3.05, 3.63) is 63.3 Å². The van der Waals surface area contributed by atoms with Crippen LogP contribution in [0, 0.1) is 13.8 Å². The zero-order chi connectivity index (χ0) is 18.1. The lowest BCUT2D eigenvalue weighted by atomic mass is 10.1. The molecule has 0 fully saturated rings. The van der Waals surface area contributed by atoms with Crippen LogP contribution in [-0.4, -0.2) is 27.2 Å². The first-order valence-electron chi connectivity index (χ1n) is 7.88. The predicted octanol–water partition coefficient (Wildman–Crippen LogP) is 1.50. The number of nitrogens with one attached hydrogen (secondary N) is 1. The number of fused-ring (bicyclic) bond motifs is 1. The van der Waals surface area contributed by atoms with Gasteiger partial charge in [0.1, 0.15) is 6.61 Å². The van der Waals surface area contributed by atoms with Crippen LogP contribution in [0.15, 0.2) is 29.6 Å². The molecule has 2 aromatic rings. The third kappa shape index (κ3) is 3.13. The Hall–Kier alpha value is -3.09. The Morgan fingerprint density at radius 2 is 2.20 bits per heavy atom. The molecule has 7 nitrogen and oxygen atoms in total. The number of aromatic hydroxyl groups is 1. The molecule has 0 unspecified atom stereocenters. The number of aromatic nitrogens is 2. The summed E-state index contributed by atoms with van der Waals surface area (Å²) in [5.41, 5.74) is 2.07. The molecule has 1 aliphatic rings. The van der Waals surface area contributed by atoms with Gasteiger partial charge < -0.3 is 15.2 Å². The molecule has 1 aliphatic heterocycles. The highest BCUT2D eigenvalue weighted by Crippen LogP contribution is 2.19. The van der Waals surface area contributed by atoms with Crippen molar-refractivity contribution in [2.45, 2.75) is 26.9 Å². The molecule has 0 saturated heterocycles. The molecule has 0 aliphatic carbocycles. The first-order chi connectivity index (χ1) is 11.9. The minimum Gasteiger partial charge on any atom is -0.501 e. The smallest absolute Gasteiger partial charge is 0.297 e. The molecule has 0 bridgehead atoms. The lowest BCUT2D eigenvalue weighted by Gasteiger charge is -2.21. The van der Waals surface area contributed by atoms with E-state index in [2.05, 4.69) is 16.9 Å². The van der Waals surface area contributed by atoms with E-state index in [0.29, 0.717) is 0 Å².